The third-order valence-corrected chi connectivity index (χ3v) is 6.46. The van der Waals surface area contributed by atoms with Crippen LogP contribution in [0.2, 0.25) is 0 Å². The first kappa shape index (κ1) is 21.4. The van der Waals surface area contributed by atoms with E-state index in [0.717, 1.165) is 50.0 Å². The molecule has 2 aromatic rings. The number of nitrogens with one attached hydrogen (secondary N) is 1. The topological polar surface area (TPSA) is 50.3 Å². The molecule has 0 unspecified atom stereocenters. The molecule has 2 aliphatic rings. The predicted octanol–water partition coefficient (Wildman–Crippen LogP) is 4.43. The van der Waals surface area contributed by atoms with E-state index in [1.165, 1.54) is 31.2 Å². The molecule has 6 heteroatoms. The molecule has 1 aromatic carbocycles. The van der Waals surface area contributed by atoms with Crippen molar-refractivity contribution in [1.29, 1.82) is 0 Å². The molecule has 2 fully saturated rings. The van der Waals surface area contributed by atoms with E-state index in [-0.39, 0.29) is 18.1 Å². The maximum absolute atomic E-state index is 12.5. The van der Waals surface area contributed by atoms with Gasteiger partial charge in [-0.1, -0.05) is 13.0 Å². The number of likely N-dealkylation sites (tertiary alicyclic amines) is 1. The van der Waals surface area contributed by atoms with E-state index in [9.17, 15) is 4.79 Å². The van der Waals surface area contributed by atoms with Crippen molar-refractivity contribution in [1.82, 2.24) is 14.5 Å². The Morgan fingerprint density at radius 1 is 1.07 bits per heavy atom. The van der Waals surface area contributed by atoms with Crippen LogP contribution >= 0.6 is 12.4 Å². The highest BCUT2D eigenvalue weighted by Gasteiger charge is 2.30. The smallest absolute Gasteiger partial charge is 0.326 e. The maximum Gasteiger partial charge on any atom is 0.326 e. The van der Waals surface area contributed by atoms with Crippen LogP contribution in [0.1, 0.15) is 63.5 Å². The summed E-state index contributed by atoms with van der Waals surface area (Å²) in [5.74, 6) is 0. The second-order valence-electron chi connectivity index (χ2n) is 8.39. The van der Waals surface area contributed by atoms with Crippen molar-refractivity contribution in [3.63, 3.8) is 0 Å². The lowest BCUT2D eigenvalue weighted by Gasteiger charge is -2.41. The second-order valence-corrected chi connectivity index (χ2v) is 8.39. The van der Waals surface area contributed by atoms with Gasteiger partial charge < -0.3 is 14.6 Å². The zero-order chi connectivity index (χ0) is 18.8. The van der Waals surface area contributed by atoms with Gasteiger partial charge in [0.1, 0.15) is 0 Å². The van der Waals surface area contributed by atoms with E-state index in [1.807, 2.05) is 10.6 Å². The number of H-pyrrole nitrogens is 1. The summed E-state index contributed by atoms with van der Waals surface area (Å²) >= 11 is 0. The number of aryl methyl sites for hydroxylation is 1. The summed E-state index contributed by atoms with van der Waals surface area (Å²) in [5, 5.41) is 0. The van der Waals surface area contributed by atoms with Crippen molar-refractivity contribution in [3.05, 3.63) is 34.2 Å². The number of rotatable bonds is 5. The van der Waals surface area contributed by atoms with Gasteiger partial charge in [0.25, 0.3) is 0 Å². The summed E-state index contributed by atoms with van der Waals surface area (Å²) in [4.78, 5) is 18.2. The largest absolute Gasteiger partial charge is 0.378 e. The van der Waals surface area contributed by atoms with Crippen LogP contribution in [-0.2, 0) is 4.74 Å². The Morgan fingerprint density at radius 3 is 2.46 bits per heavy atom. The fraction of sp³-hybridized carbons (Fsp3) is 0.682. The first-order valence-corrected chi connectivity index (χ1v) is 10.7. The van der Waals surface area contributed by atoms with Gasteiger partial charge in [-0.05, 0) is 69.6 Å². The summed E-state index contributed by atoms with van der Waals surface area (Å²) in [6, 6.07) is 7.24. The normalized spacial score (nSPS) is 24.4. The number of aromatic nitrogens is 2. The molecule has 0 amide bonds. The van der Waals surface area contributed by atoms with Crippen molar-refractivity contribution in [2.45, 2.75) is 77.0 Å². The van der Waals surface area contributed by atoms with Gasteiger partial charge in [0.05, 0.1) is 17.1 Å². The van der Waals surface area contributed by atoms with Gasteiger partial charge in [-0.3, -0.25) is 4.57 Å². The van der Waals surface area contributed by atoms with Crippen LogP contribution in [0.15, 0.2) is 23.0 Å². The van der Waals surface area contributed by atoms with Gasteiger partial charge in [0.15, 0.2) is 0 Å². The number of halogens is 1. The summed E-state index contributed by atoms with van der Waals surface area (Å²) in [5.41, 5.74) is 3.27. The maximum atomic E-state index is 12.5. The van der Waals surface area contributed by atoms with Gasteiger partial charge >= 0.3 is 5.69 Å². The Kier molecular flexibility index (Phi) is 7.24. The lowest BCUT2D eigenvalue weighted by molar-refractivity contribution is 0.00254. The summed E-state index contributed by atoms with van der Waals surface area (Å²) in [6.07, 6.45) is 8.63. The van der Waals surface area contributed by atoms with Crippen molar-refractivity contribution in [2.75, 3.05) is 19.7 Å². The molecule has 156 valence electrons. The molecular weight excluding hydrogens is 374 g/mol. The number of hydrogen-bond donors (Lipinski definition) is 1. The number of benzene rings is 1. The number of imidazole rings is 1. The molecule has 1 aliphatic heterocycles. The van der Waals surface area contributed by atoms with Crippen molar-refractivity contribution in [3.8, 4) is 0 Å². The van der Waals surface area contributed by atoms with Crippen LogP contribution in [-0.4, -0.2) is 46.3 Å². The van der Waals surface area contributed by atoms with Crippen LogP contribution in [0.25, 0.3) is 11.0 Å². The molecule has 2 heterocycles. The first-order valence-electron chi connectivity index (χ1n) is 10.7. The monoisotopic (exact) mass is 407 g/mol. The van der Waals surface area contributed by atoms with E-state index in [2.05, 4.69) is 35.9 Å². The number of piperidine rings is 1. The van der Waals surface area contributed by atoms with Gasteiger partial charge in [-0.15, -0.1) is 12.4 Å². The van der Waals surface area contributed by atoms with E-state index < -0.39 is 0 Å². The zero-order valence-corrected chi connectivity index (χ0v) is 18.0. The van der Waals surface area contributed by atoms with Crippen molar-refractivity contribution >= 4 is 23.4 Å². The Hall–Kier alpha value is -1.30. The molecule has 4 rings (SSSR count). The minimum absolute atomic E-state index is 0. The van der Waals surface area contributed by atoms with Crippen LogP contribution in [0.4, 0.5) is 0 Å². The van der Waals surface area contributed by atoms with Crippen LogP contribution in [0.5, 0.6) is 0 Å². The molecule has 1 saturated carbocycles. The van der Waals surface area contributed by atoms with Gasteiger partial charge in [-0.25, -0.2) is 4.79 Å². The minimum atomic E-state index is 0. The lowest BCUT2D eigenvalue weighted by Crippen LogP contribution is -2.45. The molecule has 5 nitrogen and oxygen atoms in total. The minimum Gasteiger partial charge on any atom is -0.378 e. The molecule has 0 bridgehead atoms. The molecular formula is C22H34ClN3O2. The number of nitrogens with zero attached hydrogens (tertiary/aromatic N) is 2. The molecule has 0 atom stereocenters. The summed E-state index contributed by atoms with van der Waals surface area (Å²) in [6.45, 7) is 7.36. The third-order valence-electron chi connectivity index (χ3n) is 6.46. The fourth-order valence-corrected chi connectivity index (χ4v) is 4.96. The van der Waals surface area contributed by atoms with Gasteiger partial charge in [-0.2, -0.15) is 0 Å². The molecule has 0 spiro atoms. The van der Waals surface area contributed by atoms with Crippen LogP contribution < -0.4 is 5.69 Å². The number of ether oxygens (including phenoxy) is 1. The predicted molar refractivity (Wildman–Crippen MR) is 117 cm³/mol. The van der Waals surface area contributed by atoms with Crippen molar-refractivity contribution in [2.24, 2.45) is 0 Å². The highest BCUT2D eigenvalue weighted by atomic mass is 35.5. The standard InChI is InChI=1S/C22H33N3O2.ClH/c1-3-14-27-19-7-5-17(6-8-19)24-12-10-18(11-13-24)25-21-15-16(2)4-9-20(21)23-22(25)26;/h4,9,15,17-19H,3,5-8,10-14H2,1-2H3,(H,23,26);1H. The second kappa shape index (κ2) is 9.47. The highest BCUT2D eigenvalue weighted by molar-refractivity contribution is 5.85. The summed E-state index contributed by atoms with van der Waals surface area (Å²) < 4.78 is 7.95. The number of aromatic amines is 1. The van der Waals surface area contributed by atoms with Crippen LogP contribution in [0.3, 0.4) is 0 Å². The Balaban J connectivity index is 0.00000225. The highest BCUT2D eigenvalue weighted by Crippen LogP contribution is 2.31. The fourth-order valence-electron chi connectivity index (χ4n) is 4.96. The van der Waals surface area contributed by atoms with E-state index in [4.69, 9.17) is 4.74 Å². The average molecular weight is 408 g/mol. The molecule has 1 saturated heterocycles. The van der Waals surface area contributed by atoms with E-state index >= 15 is 0 Å². The molecule has 28 heavy (non-hydrogen) atoms. The van der Waals surface area contributed by atoms with E-state index in [1.54, 1.807) is 0 Å². The molecule has 0 radical (unpaired) electrons. The van der Waals surface area contributed by atoms with Gasteiger partial charge in [0, 0.05) is 31.8 Å². The quantitative estimate of drug-likeness (QED) is 0.797. The average Bonchev–Trinajstić information content (AvgIpc) is 3.02. The van der Waals surface area contributed by atoms with Gasteiger partial charge in [0.2, 0.25) is 0 Å². The number of fused-ring (bicyclic) bond motifs is 1. The van der Waals surface area contributed by atoms with Crippen molar-refractivity contribution < 1.29 is 4.74 Å². The third kappa shape index (κ3) is 4.47. The number of hydrogen-bond acceptors (Lipinski definition) is 3. The molecule has 1 aromatic heterocycles. The van der Waals surface area contributed by atoms with Crippen LogP contribution in [0, 0.1) is 6.92 Å². The molecule has 1 aliphatic carbocycles. The van der Waals surface area contributed by atoms with E-state index in [0.29, 0.717) is 18.2 Å². The Labute approximate surface area is 173 Å². The zero-order valence-electron chi connectivity index (χ0n) is 17.2. The lowest BCUT2D eigenvalue weighted by atomic mass is 9.90. The Bertz CT molecular complexity index is 815. The summed E-state index contributed by atoms with van der Waals surface area (Å²) in [7, 11) is 0. The molecule has 1 N–H and O–H groups in total. The SMILES string of the molecule is CCCOC1CCC(N2CCC(n3c(=O)[nH]c4ccc(C)cc43)CC2)CC1.Cl. The Morgan fingerprint density at radius 2 is 1.79 bits per heavy atom. The first-order chi connectivity index (χ1) is 13.2.